The van der Waals surface area contributed by atoms with Gasteiger partial charge >= 0.3 is 6.18 Å². The van der Waals surface area contributed by atoms with Crippen LogP contribution in [0.4, 0.5) is 17.6 Å². The van der Waals surface area contributed by atoms with E-state index in [0.717, 1.165) is 6.07 Å². The summed E-state index contributed by atoms with van der Waals surface area (Å²) in [4.78, 5) is 1.44. The van der Waals surface area contributed by atoms with E-state index in [9.17, 15) is 17.6 Å². The van der Waals surface area contributed by atoms with E-state index in [1.165, 1.54) is 24.1 Å². The first kappa shape index (κ1) is 13.8. The minimum absolute atomic E-state index is 0.147. The first-order valence-corrected chi connectivity index (χ1v) is 5.00. The zero-order valence-electron chi connectivity index (χ0n) is 9.26. The second-order valence-electron chi connectivity index (χ2n) is 3.89. The van der Waals surface area contributed by atoms with Gasteiger partial charge in [0.05, 0.1) is 6.42 Å². The third kappa shape index (κ3) is 5.04. The van der Waals surface area contributed by atoms with Crippen molar-refractivity contribution in [2.75, 3.05) is 13.6 Å². The minimum Gasteiger partial charge on any atom is -0.505 e. The molecule has 0 radical (unpaired) electrons. The fraction of sp³-hybridized carbons (Fsp3) is 0.455. The predicted molar refractivity (Wildman–Crippen MR) is 55.1 cm³/mol. The van der Waals surface area contributed by atoms with Crippen LogP contribution in [0.15, 0.2) is 18.2 Å². The zero-order valence-corrected chi connectivity index (χ0v) is 9.26. The number of aromatic hydroxyl groups is 1. The highest BCUT2D eigenvalue weighted by Crippen LogP contribution is 2.21. The summed E-state index contributed by atoms with van der Waals surface area (Å²) in [6.07, 6.45) is -5.08. The molecule has 0 aliphatic carbocycles. The lowest BCUT2D eigenvalue weighted by atomic mass is 10.2. The smallest absolute Gasteiger partial charge is 0.390 e. The van der Waals surface area contributed by atoms with Crippen molar-refractivity contribution in [2.45, 2.75) is 19.1 Å². The van der Waals surface area contributed by atoms with Gasteiger partial charge in [0, 0.05) is 13.1 Å². The number of phenols is 1. The average Bonchev–Trinajstić information content (AvgIpc) is 2.20. The molecule has 0 amide bonds. The Balaban J connectivity index is 2.50. The van der Waals surface area contributed by atoms with Gasteiger partial charge in [-0.3, -0.25) is 0 Å². The maximum absolute atomic E-state index is 13.0. The molecule has 17 heavy (non-hydrogen) atoms. The molecule has 1 aromatic rings. The van der Waals surface area contributed by atoms with Gasteiger partial charge in [-0.15, -0.1) is 0 Å². The third-order valence-electron chi connectivity index (χ3n) is 2.24. The van der Waals surface area contributed by atoms with Crippen LogP contribution in [0.5, 0.6) is 5.75 Å². The standard InChI is InChI=1S/C11H13F4NO/c1-16(5-4-11(13,14)15)7-8-2-3-10(17)9(12)6-8/h2-3,6,17H,4-5,7H2,1H3. The van der Waals surface area contributed by atoms with Crippen molar-refractivity contribution in [3.8, 4) is 5.75 Å². The number of hydrogen-bond donors (Lipinski definition) is 1. The fourth-order valence-corrected chi connectivity index (χ4v) is 1.36. The monoisotopic (exact) mass is 251 g/mol. The lowest BCUT2D eigenvalue weighted by molar-refractivity contribution is -0.137. The molecule has 0 atom stereocenters. The normalized spacial score (nSPS) is 12.1. The molecular formula is C11H13F4NO. The molecule has 0 aromatic heterocycles. The summed E-state index contributed by atoms with van der Waals surface area (Å²) in [5, 5.41) is 8.95. The summed E-state index contributed by atoms with van der Waals surface area (Å²) < 4.78 is 48.8. The lowest BCUT2D eigenvalue weighted by Gasteiger charge is -2.17. The van der Waals surface area contributed by atoms with Crippen molar-refractivity contribution in [3.05, 3.63) is 29.6 Å². The Morgan fingerprint density at radius 3 is 2.47 bits per heavy atom. The maximum atomic E-state index is 13.0. The molecule has 0 fully saturated rings. The second kappa shape index (κ2) is 5.35. The summed E-state index contributed by atoms with van der Waals surface area (Å²) in [6.45, 7) is 0.0548. The molecule has 0 spiro atoms. The van der Waals surface area contributed by atoms with Gasteiger partial charge < -0.3 is 10.0 Å². The molecule has 6 heteroatoms. The zero-order chi connectivity index (χ0) is 13.1. The number of hydrogen-bond acceptors (Lipinski definition) is 2. The van der Waals surface area contributed by atoms with Gasteiger partial charge in [0.1, 0.15) is 0 Å². The van der Waals surface area contributed by atoms with E-state index in [1.54, 1.807) is 0 Å². The van der Waals surface area contributed by atoms with Gasteiger partial charge in [0.15, 0.2) is 11.6 Å². The van der Waals surface area contributed by atoms with E-state index >= 15 is 0 Å². The van der Waals surface area contributed by atoms with E-state index in [2.05, 4.69) is 0 Å². The summed E-state index contributed by atoms with van der Waals surface area (Å²) in [6, 6.07) is 3.77. The van der Waals surface area contributed by atoms with Gasteiger partial charge in [0.25, 0.3) is 0 Å². The molecule has 2 nitrogen and oxygen atoms in total. The molecule has 1 aromatic carbocycles. The topological polar surface area (TPSA) is 23.5 Å². The van der Waals surface area contributed by atoms with Crippen molar-refractivity contribution in [2.24, 2.45) is 0 Å². The fourth-order valence-electron chi connectivity index (χ4n) is 1.36. The lowest BCUT2D eigenvalue weighted by Crippen LogP contribution is -2.24. The van der Waals surface area contributed by atoms with Crippen molar-refractivity contribution in [1.29, 1.82) is 0 Å². The average molecular weight is 251 g/mol. The number of halogens is 4. The van der Waals surface area contributed by atoms with Crippen LogP contribution in [0.3, 0.4) is 0 Å². The van der Waals surface area contributed by atoms with Gasteiger partial charge in [-0.05, 0) is 24.7 Å². The number of nitrogens with zero attached hydrogens (tertiary/aromatic N) is 1. The molecule has 0 bridgehead atoms. The molecule has 0 saturated carbocycles. The van der Waals surface area contributed by atoms with Crippen molar-refractivity contribution < 1.29 is 22.7 Å². The molecule has 96 valence electrons. The highest BCUT2D eigenvalue weighted by Gasteiger charge is 2.27. The van der Waals surface area contributed by atoms with E-state index in [-0.39, 0.29) is 13.1 Å². The third-order valence-corrected chi connectivity index (χ3v) is 2.24. The van der Waals surface area contributed by atoms with Gasteiger partial charge in [-0.25, -0.2) is 4.39 Å². The maximum Gasteiger partial charge on any atom is 0.390 e. The van der Waals surface area contributed by atoms with Gasteiger partial charge in [-0.2, -0.15) is 13.2 Å². The minimum atomic E-state index is -4.19. The molecule has 0 aliphatic rings. The van der Waals surface area contributed by atoms with Crippen LogP contribution in [0.1, 0.15) is 12.0 Å². The molecule has 0 saturated heterocycles. The van der Waals surface area contributed by atoms with Gasteiger partial charge in [0.2, 0.25) is 0 Å². The van der Waals surface area contributed by atoms with Gasteiger partial charge in [-0.1, -0.05) is 6.07 Å². The largest absolute Gasteiger partial charge is 0.505 e. The predicted octanol–water partition coefficient (Wildman–Crippen LogP) is 2.92. The van der Waals surface area contributed by atoms with Crippen LogP contribution < -0.4 is 0 Å². The Hall–Kier alpha value is -1.30. The van der Waals surface area contributed by atoms with E-state index in [0.29, 0.717) is 5.56 Å². The summed E-state index contributed by atoms with van der Waals surface area (Å²) >= 11 is 0. The highest BCUT2D eigenvalue weighted by molar-refractivity contribution is 5.27. The first-order chi connectivity index (χ1) is 7.78. The summed E-state index contributed by atoms with van der Waals surface area (Å²) in [5.74, 6) is -1.24. The molecular weight excluding hydrogens is 238 g/mol. The summed E-state index contributed by atoms with van der Waals surface area (Å²) in [5.41, 5.74) is 0.518. The van der Waals surface area contributed by atoms with E-state index in [1.807, 2.05) is 0 Å². The van der Waals surface area contributed by atoms with Crippen LogP contribution in [0.2, 0.25) is 0 Å². The van der Waals surface area contributed by atoms with Crippen LogP contribution in [-0.4, -0.2) is 29.8 Å². The first-order valence-electron chi connectivity index (χ1n) is 5.00. The number of benzene rings is 1. The Labute approximate surface area is 96.5 Å². The number of rotatable bonds is 4. The number of alkyl halides is 3. The van der Waals surface area contributed by atoms with E-state index < -0.39 is 24.2 Å². The van der Waals surface area contributed by atoms with Crippen LogP contribution in [-0.2, 0) is 6.54 Å². The Morgan fingerprint density at radius 1 is 1.29 bits per heavy atom. The van der Waals surface area contributed by atoms with Crippen LogP contribution >= 0.6 is 0 Å². The highest BCUT2D eigenvalue weighted by atomic mass is 19.4. The van der Waals surface area contributed by atoms with Crippen molar-refractivity contribution >= 4 is 0 Å². The van der Waals surface area contributed by atoms with E-state index in [4.69, 9.17) is 5.11 Å². The van der Waals surface area contributed by atoms with Crippen LogP contribution in [0.25, 0.3) is 0 Å². The quantitative estimate of drug-likeness (QED) is 0.832. The van der Waals surface area contributed by atoms with Crippen molar-refractivity contribution in [3.63, 3.8) is 0 Å². The molecule has 1 rings (SSSR count). The molecule has 0 heterocycles. The summed E-state index contributed by atoms with van der Waals surface area (Å²) in [7, 11) is 1.52. The van der Waals surface area contributed by atoms with Crippen LogP contribution in [0, 0.1) is 5.82 Å². The second-order valence-corrected chi connectivity index (χ2v) is 3.89. The van der Waals surface area contributed by atoms with Crippen molar-refractivity contribution in [1.82, 2.24) is 4.90 Å². The molecule has 0 unspecified atom stereocenters. The molecule has 0 aliphatic heterocycles. The SMILES string of the molecule is CN(CCC(F)(F)F)Cc1ccc(O)c(F)c1. The Kier molecular flexibility index (Phi) is 4.34. The Bertz CT molecular complexity index is 378. The number of phenolic OH excluding ortho intramolecular Hbond substituents is 1. The Morgan fingerprint density at radius 2 is 1.94 bits per heavy atom. The molecule has 1 N–H and O–H groups in total.